The Bertz CT molecular complexity index is 961. The quantitative estimate of drug-likeness (QED) is 0.675. The van der Waals surface area contributed by atoms with Gasteiger partial charge in [0.15, 0.2) is 0 Å². The van der Waals surface area contributed by atoms with Gasteiger partial charge in [0, 0.05) is 13.0 Å². The third kappa shape index (κ3) is 4.46. The lowest BCUT2D eigenvalue weighted by Crippen LogP contribution is -2.54. The fourth-order valence-electron chi connectivity index (χ4n) is 5.97. The van der Waals surface area contributed by atoms with E-state index in [2.05, 4.69) is 15.5 Å². The van der Waals surface area contributed by atoms with Gasteiger partial charge in [-0.05, 0) is 94.2 Å². The van der Waals surface area contributed by atoms with E-state index < -0.39 is 23.8 Å². The minimum Gasteiger partial charge on any atom is -0.317 e. The first-order valence-electron chi connectivity index (χ1n) is 12.3. The predicted molar refractivity (Wildman–Crippen MR) is 121 cm³/mol. The largest absolute Gasteiger partial charge is 0.317 e. The third-order valence-electron chi connectivity index (χ3n) is 7.83. The van der Waals surface area contributed by atoms with Crippen LogP contribution in [0.25, 0.3) is 0 Å². The molecular formula is C25H32N4O4. The van der Waals surface area contributed by atoms with E-state index in [1.165, 1.54) is 32.1 Å². The molecule has 3 saturated heterocycles. The zero-order valence-corrected chi connectivity index (χ0v) is 19.0. The molecule has 1 aromatic carbocycles. The van der Waals surface area contributed by atoms with Gasteiger partial charge < -0.3 is 5.32 Å². The molecule has 0 saturated carbocycles. The third-order valence-corrected chi connectivity index (χ3v) is 7.83. The van der Waals surface area contributed by atoms with Crippen molar-refractivity contribution in [2.24, 2.45) is 11.8 Å². The first-order chi connectivity index (χ1) is 16.0. The van der Waals surface area contributed by atoms with Gasteiger partial charge in [-0.1, -0.05) is 6.07 Å². The van der Waals surface area contributed by atoms with Crippen LogP contribution in [0.4, 0.5) is 0 Å². The first kappa shape index (κ1) is 22.2. The minimum atomic E-state index is -0.920. The van der Waals surface area contributed by atoms with Crippen LogP contribution in [-0.2, 0) is 16.1 Å². The Morgan fingerprint density at radius 1 is 0.848 bits per heavy atom. The topological polar surface area (TPSA) is 98.8 Å². The molecule has 1 aromatic rings. The Hall–Kier alpha value is -2.58. The Labute approximate surface area is 194 Å². The van der Waals surface area contributed by atoms with Crippen molar-refractivity contribution in [1.29, 1.82) is 0 Å². The van der Waals surface area contributed by atoms with Crippen LogP contribution in [0.2, 0.25) is 0 Å². The standard InChI is InChI=1S/C25H32N4O4/c30-22-6-5-21(23(31)27-22)29-24(32)19-4-3-16(14-20(19)25(29)33)15-28-12-8-18(9-13-28)17-2-1-10-26-11-7-17/h3-4,14,17-18,21,26H,1-2,5-13,15H2,(H,27,30,31). The number of carbonyl (C=O) groups is 4. The Kier molecular flexibility index (Phi) is 6.29. The molecule has 4 amide bonds. The molecule has 0 aromatic heterocycles. The molecule has 33 heavy (non-hydrogen) atoms. The molecule has 8 nitrogen and oxygen atoms in total. The van der Waals surface area contributed by atoms with E-state index in [1.54, 1.807) is 6.07 Å². The smallest absolute Gasteiger partial charge is 0.262 e. The van der Waals surface area contributed by atoms with Crippen molar-refractivity contribution in [3.05, 3.63) is 34.9 Å². The van der Waals surface area contributed by atoms with Gasteiger partial charge in [-0.2, -0.15) is 0 Å². The van der Waals surface area contributed by atoms with Gasteiger partial charge in [-0.25, -0.2) is 0 Å². The number of rotatable bonds is 4. The average molecular weight is 453 g/mol. The number of imide groups is 2. The van der Waals surface area contributed by atoms with E-state index in [-0.39, 0.29) is 18.7 Å². The number of piperidine rings is 2. The molecule has 5 rings (SSSR count). The zero-order valence-electron chi connectivity index (χ0n) is 19.0. The number of likely N-dealkylation sites (tertiary alicyclic amines) is 1. The molecule has 4 aliphatic rings. The molecule has 0 aliphatic carbocycles. The summed E-state index contributed by atoms with van der Waals surface area (Å²) in [7, 11) is 0. The molecule has 4 heterocycles. The van der Waals surface area contributed by atoms with Gasteiger partial charge in [-0.15, -0.1) is 0 Å². The summed E-state index contributed by atoms with van der Waals surface area (Å²) in [6.45, 7) is 5.16. The van der Waals surface area contributed by atoms with Crippen LogP contribution >= 0.6 is 0 Å². The Morgan fingerprint density at radius 2 is 1.61 bits per heavy atom. The molecule has 4 aliphatic heterocycles. The van der Waals surface area contributed by atoms with Gasteiger partial charge in [-0.3, -0.25) is 34.3 Å². The van der Waals surface area contributed by atoms with Crippen LogP contribution < -0.4 is 10.6 Å². The highest BCUT2D eigenvalue weighted by atomic mass is 16.2. The van der Waals surface area contributed by atoms with Gasteiger partial charge in [0.1, 0.15) is 6.04 Å². The second-order valence-corrected chi connectivity index (χ2v) is 9.88. The van der Waals surface area contributed by atoms with Gasteiger partial charge in [0.2, 0.25) is 11.8 Å². The van der Waals surface area contributed by atoms with Crippen molar-refractivity contribution in [1.82, 2.24) is 20.4 Å². The van der Waals surface area contributed by atoms with E-state index in [9.17, 15) is 19.2 Å². The summed E-state index contributed by atoms with van der Waals surface area (Å²) in [5.74, 6) is -0.184. The first-order valence-corrected chi connectivity index (χ1v) is 12.3. The van der Waals surface area contributed by atoms with E-state index in [0.717, 1.165) is 55.0 Å². The highest BCUT2D eigenvalue weighted by Crippen LogP contribution is 2.33. The normalized spacial score (nSPS) is 27.5. The monoisotopic (exact) mass is 452 g/mol. The van der Waals surface area contributed by atoms with Crippen LogP contribution in [-0.4, -0.2) is 65.6 Å². The summed E-state index contributed by atoms with van der Waals surface area (Å²) >= 11 is 0. The molecule has 2 N–H and O–H groups in total. The number of carbonyl (C=O) groups excluding carboxylic acids is 4. The molecule has 0 radical (unpaired) electrons. The molecule has 0 spiro atoms. The van der Waals surface area contributed by atoms with Crippen LogP contribution in [0.5, 0.6) is 0 Å². The maximum absolute atomic E-state index is 13.0. The summed E-state index contributed by atoms with van der Waals surface area (Å²) in [6.07, 6.45) is 6.64. The predicted octanol–water partition coefficient (Wildman–Crippen LogP) is 1.69. The lowest BCUT2D eigenvalue weighted by molar-refractivity contribution is -0.136. The summed E-state index contributed by atoms with van der Waals surface area (Å²) < 4.78 is 0. The van der Waals surface area contributed by atoms with E-state index >= 15 is 0 Å². The fraction of sp³-hybridized carbons (Fsp3) is 0.600. The van der Waals surface area contributed by atoms with E-state index in [4.69, 9.17) is 0 Å². The van der Waals surface area contributed by atoms with Gasteiger partial charge >= 0.3 is 0 Å². The minimum absolute atomic E-state index is 0.127. The molecule has 2 atom stereocenters. The fourth-order valence-corrected chi connectivity index (χ4v) is 5.97. The van der Waals surface area contributed by atoms with Crippen LogP contribution in [0.3, 0.4) is 0 Å². The van der Waals surface area contributed by atoms with Gasteiger partial charge in [0.05, 0.1) is 11.1 Å². The number of nitrogens with one attached hydrogen (secondary N) is 2. The molecule has 176 valence electrons. The Morgan fingerprint density at radius 3 is 2.39 bits per heavy atom. The average Bonchev–Trinajstić information content (AvgIpc) is 2.98. The number of fused-ring (bicyclic) bond motifs is 1. The SMILES string of the molecule is O=C1CCC(N2C(=O)c3ccc(CN4CCC(C5CCCNCC5)CC4)cc3C2=O)C(=O)N1. The number of amides is 4. The summed E-state index contributed by atoms with van der Waals surface area (Å²) in [4.78, 5) is 53.1. The van der Waals surface area contributed by atoms with Crippen molar-refractivity contribution in [3.63, 3.8) is 0 Å². The molecule has 3 fully saturated rings. The highest BCUT2D eigenvalue weighted by molar-refractivity contribution is 6.23. The van der Waals surface area contributed by atoms with Crippen molar-refractivity contribution < 1.29 is 19.2 Å². The number of benzene rings is 1. The van der Waals surface area contributed by atoms with Crippen molar-refractivity contribution in [2.75, 3.05) is 26.2 Å². The summed E-state index contributed by atoms with van der Waals surface area (Å²) in [6, 6.07) is 4.52. The number of hydrogen-bond donors (Lipinski definition) is 2. The lowest BCUT2D eigenvalue weighted by atomic mass is 9.80. The zero-order chi connectivity index (χ0) is 22.9. The van der Waals surface area contributed by atoms with E-state index in [0.29, 0.717) is 11.1 Å². The van der Waals surface area contributed by atoms with Crippen molar-refractivity contribution in [2.45, 2.75) is 57.5 Å². The van der Waals surface area contributed by atoms with Gasteiger partial charge in [0.25, 0.3) is 11.8 Å². The van der Waals surface area contributed by atoms with Crippen molar-refractivity contribution in [3.8, 4) is 0 Å². The van der Waals surface area contributed by atoms with Crippen molar-refractivity contribution >= 4 is 23.6 Å². The number of hydrogen-bond acceptors (Lipinski definition) is 6. The Balaban J connectivity index is 1.22. The molecule has 2 unspecified atom stereocenters. The van der Waals surface area contributed by atoms with Crippen LogP contribution in [0, 0.1) is 11.8 Å². The second-order valence-electron chi connectivity index (χ2n) is 9.88. The summed E-state index contributed by atoms with van der Waals surface area (Å²) in [5.41, 5.74) is 1.72. The number of nitrogens with zero attached hydrogens (tertiary/aromatic N) is 2. The molecule has 0 bridgehead atoms. The maximum Gasteiger partial charge on any atom is 0.262 e. The molecule has 8 heteroatoms. The van der Waals surface area contributed by atoms with E-state index in [1.807, 2.05) is 12.1 Å². The highest BCUT2D eigenvalue weighted by Gasteiger charge is 2.44. The molecular weight excluding hydrogens is 420 g/mol. The van der Waals surface area contributed by atoms with Crippen LogP contribution in [0.1, 0.15) is 71.2 Å². The maximum atomic E-state index is 13.0. The lowest BCUT2D eigenvalue weighted by Gasteiger charge is -2.36. The summed E-state index contributed by atoms with van der Waals surface area (Å²) in [5, 5.41) is 5.75. The second kappa shape index (κ2) is 9.35. The van der Waals surface area contributed by atoms with Crippen LogP contribution in [0.15, 0.2) is 18.2 Å².